The fraction of sp³-hybridized carbons (Fsp3) is 0.788. The molecule has 9 nitrogen and oxygen atoms in total. The van der Waals surface area contributed by atoms with Gasteiger partial charge in [-0.25, -0.2) is 0 Å². The summed E-state index contributed by atoms with van der Waals surface area (Å²) in [7, 11) is 1.17. The van der Waals surface area contributed by atoms with E-state index in [0.29, 0.717) is 23.9 Å². The first-order chi connectivity index (χ1) is 36.9. The molecule has 0 bridgehead atoms. The van der Waals surface area contributed by atoms with Crippen molar-refractivity contribution in [2.45, 2.75) is 296 Å². The van der Waals surface area contributed by atoms with Crippen LogP contribution in [0.15, 0.2) is 72.9 Å². The number of ether oxygens (including phenoxy) is 1. The van der Waals surface area contributed by atoms with Crippen LogP contribution in [0, 0.1) is 0 Å². The Hall–Kier alpha value is -2.55. The molecule has 3 atom stereocenters. The van der Waals surface area contributed by atoms with E-state index < -0.39 is 26.6 Å². The predicted molar refractivity (Wildman–Crippen MR) is 325 cm³/mol. The number of likely N-dealkylation sites (N-methyl/N-ethyl adjacent to an activating group) is 1. The van der Waals surface area contributed by atoms with Crippen LogP contribution < -0.4 is 10.2 Å². The highest BCUT2D eigenvalue weighted by molar-refractivity contribution is 7.45. The number of allylic oxidation sites excluding steroid dienone is 11. The lowest BCUT2D eigenvalue weighted by Gasteiger charge is -2.30. The Kier molecular flexibility index (Phi) is 53.9. The van der Waals surface area contributed by atoms with E-state index in [0.717, 1.165) is 103 Å². The summed E-state index contributed by atoms with van der Waals surface area (Å²) in [5.41, 5.74) is 0. The second-order valence-corrected chi connectivity index (χ2v) is 23.9. The van der Waals surface area contributed by atoms with Crippen LogP contribution in [0.4, 0.5) is 0 Å². The first-order valence-corrected chi connectivity index (χ1v) is 33.2. The number of carbonyl (C=O) groups is 2. The van der Waals surface area contributed by atoms with Gasteiger partial charge >= 0.3 is 5.97 Å². The maximum atomic E-state index is 13.5. The molecule has 0 aliphatic rings. The van der Waals surface area contributed by atoms with Crippen molar-refractivity contribution < 1.29 is 37.3 Å². The maximum Gasteiger partial charge on any atom is 0.306 e. The highest BCUT2D eigenvalue weighted by Crippen LogP contribution is 2.38. The van der Waals surface area contributed by atoms with Crippen LogP contribution >= 0.6 is 7.82 Å². The van der Waals surface area contributed by atoms with Crippen LogP contribution in [-0.4, -0.2) is 69.4 Å². The fourth-order valence-corrected chi connectivity index (χ4v) is 9.74. The van der Waals surface area contributed by atoms with Crippen LogP contribution in [0.5, 0.6) is 0 Å². The highest BCUT2D eigenvalue weighted by Gasteiger charge is 2.27. The highest BCUT2D eigenvalue weighted by atomic mass is 31.2. The molecule has 0 spiro atoms. The van der Waals surface area contributed by atoms with E-state index in [-0.39, 0.29) is 24.9 Å². The molecule has 0 heterocycles. The van der Waals surface area contributed by atoms with Gasteiger partial charge in [-0.2, -0.15) is 0 Å². The predicted octanol–water partition coefficient (Wildman–Crippen LogP) is 19.0. The zero-order valence-electron chi connectivity index (χ0n) is 50.4. The minimum Gasteiger partial charge on any atom is -0.756 e. The molecule has 0 rings (SSSR count). The van der Waals surface area contributed by atoms with Crippen molar-refractivity contribution in [1.29, 1.82) is 0 Å². The molecule has 0 aromatic rings. The molecule has 1 N–H and O–H groups in total. The van der Waals surface area contributed by atoms with E-state index >= 15 is 0 Å². The van der Waals surface area contributed by atoms with Gasteiger partial charge in [0, 0.05) is 12.8 Å². The number of nitrogens with zero attached hydrogens (tertiary/aromatic N) is 1. The molecular formula is C66H121N2O7P. The first kappa shape index (κ1) is 73.5. The van der Waals surface area contributed by atoms with Crippen molar-refractivity contribution in [2.75, 3.05) is 40.9 Å². The zero-order valence-corrected chi connectivity index (χ0v) is 51.3. The third-order valence-corrected chi connectivity index (χ3v) is 14.9. The fourth-order valence-electron chi connectivity index (χ4n) is 9.02. The molecule has 0 fully saturated rings. The lowest BCUT2D eigenvalue weighted by atomic mass is 10.0. The first-order valence-electron chi connectivity index (χ1n) is 31.7. The van der Waals surface area contributed by atoms with Crippen LogP contribution in [0.1, 0.15) is 284 Å². The number of hydrogen-bond acceptors (Lipinski definition) is 7. The van der Waals surface area contributed by atoms with E-state index in [1.165, 1.54) is 141 Å². The van der Waals surface area contributed by atoms with Gasteiger partial charge in [-0.3, -0.25) is 14.2 Å². The Labute approximate surface area is 470 Å². The number of amides is 1. The molecule has 442 valence electrons. The van der Waals surface area contributed by atoms with Crippen molar-refractivity contribution in [3.05, 3.63) is 72.9 Å². The Bertz CT molecular complexity index is 1530. The third kappa shape index (κ3) is 56.2. The van der Waals surface area contributed by atoms with E-state index in [2.05, 4.69) is 86.8 Å². The molecule has 0 saturated heterocycles. The van der Waals surface area contributed by atoms with Crippen molar-refractivity contribution in [3.63, 3.8) is 0 Å². The van der Waals surface area contributed by atoms with Gasteiger partial charge in [0.2, 0.25) is 5.91 Å². The summed E-state index contributed by atoms with van der Waals surface area (Å²) in [4.78, 5) is 40.0. The largest absolute Gasteiger partial charge is 0.756 e. The number of rotatable bonds is 57. The van der Waals surface area contributed by atoms with Gasteiger partial charge in [0.25, 0.3) is 7.82 Å². The number of hydrogen-bond donors (Lipinski definition) is 1. The SMILES string of the molecule is CC/C=C\C/C=C\C/C=C\C/C=C\C/C=C\CCCCCCCC(=O)NC(COP(=O)([O-])OCC[N+](C)(C)C)C(/C=C/CCCCCCCCCCCC)OC(=O)CCCCCCCCCCCCCCCCCCC. The molecule has 76 heavy (non-hydrogen) atoms. The average Bonchev–Trinajstić information content (AvgIpc) is 3.38. The second kappa shape index (κ2) is 55.8. The molecule has 3 unspecified atom stereocenters. The number of carbonyl (C=O) groups excluding carboxylic acids is 2. The maximum absolute atomic E-state index is 13.5. The molecule has 0 radical (unpaired) electrons. The lowest BCUT2D eigenvalue weighted by molar-refractivity contribution is -0.870. The van der Waals surface area contributed by atoms with E-state index in [9.17, 15) is 19.0 Å². The summed E-state index contributed by atoms with van der Waals surface area (Å²) in [6, 6.07) is -0.899. The van der Waals surface area contributed by atoms with E-state index in [1.807, 2.05) is 33.3 Å². The minimum absolute atomic E-state index is 0.0276. The van der Waals surface area contributed by atoms with Gasteiger partial charge in [0.1, 0.15) is 19.3 Å². The number of quaternary nitrogens is 1. The van der Waals surface area contributed by atoms with E-state index in [1.54, 1.807) is 0 Å². The standard InChI is InChI=1S/C66H121N2O7P/c1-7-10-13-16-19-22-25-28-30-32-33-34-35-37-38-40-43-46-49-52-55-58-65(69)67-63(62-74-76(71,72)73-61-60-68(4,5)6)64(57-54-51-48-45-42-27-24-21-18-15-12-9-3)75-66(70)59-56-53-50-47-44-41-39-36-31-29-26-23-20-17-14-11-8-2/h10,13,19,22,28,30,33-34,37-38,54,57,63-64H,7-9,11-12,14-18,20-21,23-27,29,31-32,35-36,39-53,55-56,58-62H2,1-6H3,(H-,67,69,71,72)/b13-10-,22-19-,30-28-,34-33-,38-37-,57-54+. The lowest BCUT2D eigenvalue weighted by Crippen LogP contribution is -2.47. The topological polar surface area (TPSA) is 114 Å². The summed E-state index contributed by atoms with van der Waals surface area (Å²) in [6.07, 6.45) is 71.5. The monoisotopic (exact) mass is 1080 g/mol. The smallest absolute Gasteiger partial charge is 0.306 e. The molecule has 10 heteroatoms. The van der Waals surface area contributed by atoms with Crippen molar-refractivity contribution in [1.82, 2.24) is 5.32 Å². The summed E-state index contributed by atoms with van der Waals surface area (Å²) in [5.74, 6) is -0.556. The number of esters is 1. The number of nitrogens with one attached hydrogen (secondary N) is 1. The molecule has 0 aromatic heterocycles. The summed E-state index contributed by atoms with van der Waals surface area (Å²) in [6.45, 7) is 6.73. The zero-order chi connectivity index (χ0) is 55.7. The van der Waals surface area contributed by atoms with E-state index in [4.69, 9.17) is 13.8 Å². The molecule has 0 aromatic carbocycles. The van der Waals surface area contributed by atoms with Crippen LogP contribution in [0.2, 0.25) is 0 Å². The van der Waals surface area contributed by atoms with Gasteiger partial charge in [-0.05, 0) is 76.7 Å². The Morgan fingerprint density at radius 1 is 0.474 bits per heavy atom. The van der Waals surface area contributed by atoms with Crippen molar-refractivity contribution >= 4 is 19.7 Å². The van der Waals surface area contributed by atoms with Crippen molar-refractivity contribution in [2.24, 2.45) is 0 Å². The molecular weight excluding hydrogens is 964 g/mol. The molecule has 0 aliphatic carbocycles. The normalized spacial score (nSPS) is 14.1. The van der Waals surface area contributed by atoms with Crippen LogP contribution in [-0.2, 0) is 27.9 Å². The Balaban J connectivity index is 5.26. The average molecular weight is 1090 g/mol. The summed E-state index contributed by atoms with van der Waals surface area (Å²) in [5, 5.41) is 3.02. The summed E-state index contributed by atoms with van der Waals surface area (Å²) < 4.78 is 30.3. The van der Waals surface area contributed by atoms with Gasteiger partial charge in [-0.1, -0.05) is 267 Å². The van der Waals surface area contributed by atoms with Gasteiger partial charge in [0.05, 0.1) is 33.8 Å². The van der Waals surface area contributed by atoms with Crippen molar-refractivity contribution in [3.8, 4) is 0 Å². The second-order valence-electron chi connectivity index (χ2n) is 22.5. The number of unbranched alkanes of at least 4 members (excludes halogenated alkanes) is 31. The van der Waals surface area contributed by atoms with Gasteiger partial charge in [-0.15, -0.1) is 0 Å². The van der Waals surface area contributed by atoms with Crippen LogP contribution in [0.25, 0.3) is 0 Å². The third-order valence-electron chi connectivity index (χ3n) is 13.9. The minimum atomic E-state index is -4.71. The van der Waals surface area contributed by atoms with Crippen LogP contribution in [0.3, 0.4) is 0 Å². The summed E-state index contributed by atoms with van der Waals surface area (Å²) >= 11 is 0. The molecule has 0 aliphatic heterocycles. The van der Waals surface area contributed by atoms with Gasteiger partial charge < -0.3 is 28.5 Å². The number of phosphoric acid groups is 1. The number of phosphoric ester groups is 1. The molecule has 1 amide bonds. The van der Waals surface area contributed by atoms with Gasteiger partial charge in [0.15, 0.2) is 0 Å². The Morgan fingerprint density at radius 3 is 1.26 bits per heavy atom. The quantitative estimate of drug-likeness (QED) is 0.0212. The molecule has 0 saturated carbocycles. The Morgan fingerprint density at radius 2 is 0.842 bits per heavy atom.